The Labute approximate surface area is 117 Å². The standard InChI is InChI=1S/C14H19FN2OS/c1-19-14(8-3-2-4-9-14)10-16-13(18)11-6-5-7-12(15)17-11/h5-7H,2-4,8-10H2,1H3,(H,16,18). The van der Waals surface area contributed by atoms with Gasteiger partial charge in [-0.15, -0.1) is 0 Å². The highest BCUT2D eigenvalue weighted by atomic mass is 32.2. The molecule has 19 heavy (non-hydrogen) atoms. The molecule has 3 nitrogen and oxygen atoms in total. The summed E-state index contributed by atoms with van der Waals surface area (Å²) in [7, 11) is 0. The quantitative estimate of drug-likeness (QED) is 0.863. The predicted octanol–water partition coefficient (Wildman–Crippen LogP) is 3.02. The summed E-state index contributed by atoms with van der Waals surface area (Å²) in [6.07, 6.45) is 8.07. The van der Waals surface area contributed by atoms with Crippen molar-refractivity contribution in [3.05, 3.63) is 29.8 Å². The maximum atomic E-state index is 13.0. The molecule has 1 amide bonds. The Morgan fingerprint density at radius 2 is 2.16 bits per heavy atom. The van der Waals surface area contributed by atoms with Crippen LogP contribution in [0.4, 0.5) is 4.39 Å². The molecule has 1 heterocycles. The maximum Gasteiger partial charge on any atom is 0.270 e. The molecular formula is C14H19FN2OS. The number of amides is 1. The van der Waals surface area contributed by atoms with Crippen LogP contribution in [0.1, 0.15) is 42.6 Å². The van der Waals surface area contributed by atoms with Crippen LogP contribution < -0.4 is 5.32 Å². The normalized spacial score (nSPS) is 18.0. The van der Waals surface area contributed by atoms with Gasteiger partial charge in [0.05, 0.1) is 0 Å². The first kappa shape index (κ1) is 14.3. The van der Waals surface area contributed by atoms with Crippen molar-refractivity contribution in [2.24, 2.45) is 0 Å². The lowest BCUT2D eigenvalue weighted by molar-refractivity contribution is 0.0940. The number of aromatic nitrogens is 1. The molecule has 1 saturated carbocycles. The summed E-state index contributed by atoms with van der Waals surface area (Å²) in [4.78, 5) is 15.5. The number of nitrogens with one attached hydrogen (secondary N) is 1. The van der Waals surface area contributed by atoms with Crippen molar-refractivity contribution in [3.8, 4) is 0 Å². The fourth-order valence-corrected chi connectivity index (χ4v) is 3.43. The van der Waals surface area contributed by atoms with Crippen molar-refractivity contribution in [1.29, 1.82) is 0 Å². The summed E-state index contributed by atoms with van der Waals surface area (Å²) in [5.41, 5.74) is 0.145. The number of rotatable bonds is 4. The third-order valence-electron chi connectivity index (χ3n) is 3.72. The number of carbonyl (C=O) groups excluding carboxylic acids is 1. The Hall–Kier alpha value is -1.10. The smallest absolute Gasteiger partial charge is 0.270 e. The van der Waals surface area contributed by atoms with Crippen LogP contribution in [0.25, 0.3) is 0 Å². The fraction of sp³-hybridized carbons (Fsp3) is 0.571. The van der Waals surface area contributed by atoms with Gasteiger partial charge in [-0.1, -0.05) is 25.3 Å². The summed E-state index contributed by atoms with van der Waals surface area (Å²) in [5.74, 6) is -0.914. The summed E-state index contributed by atoms with van der Waals surface area (Å²) >= 11 is 1.82. The molecule has 1 aliphatic rings. The lowest BCUT2D eigenvalue weighted by Crippen LogP contribution is -2.42. The number of hydrogen-bond donors (Lipinski definition) is 1. The Kier molecular flexibility index (Phi) is 4.80. The lowest BCUT2D eigenvalue weighted by atomic mass is 9.88. The van der Waals surface area contributed by atoms with Gasteiger partial charge in [0.2, 0.25) is 5.95 Å². The zero-order valence-corrected chi connectivity index (χ0v) is 11.9. The molecule has 0 bridgehead atoms. The zero-order valence-electron chi connectivity index (χ0n) is 11.1. The Morgan fingerprint density at radius 1 is 1.42 bits per heavy atom. The van der Waals surface area contributed by atoms with Gasteiger partial charge in [-0.05, 0) is 31.2 Å². The molecule has 0 atom stereocenters. The summed E-state index contributed by atoms with van der Waals surface area (Å²) < 4.78 is 13.1. The molecule has 104 valence electrons. The lowest BCUT2D eigenvalue weighted by Gasteiger charge is -2.35. The van der Waals surface area contributed by atoms with Gasteiger partial charge in [-0.2, -0.15) is 16.2 Å². The highest BCUT2D eigenvalue weighted by Crippen LogP contribution is 2.37. The zero-order chi connectivity index (χ0) is 13.7. The van der Waals surface area contributed by atoms with Crippen molar-refractivity contribution >= 4 is 17.7 Å². The number of nitrogens with zero attached hydrogens (tertiary/aromatic N) is 1. The number of halogens is 1. The van der Waals surface area contributed by atoms with E-state index in [0.717, 1.165) is 12.8 Å². The molecule has 0 aliphatic heterocycles. The molecule has 1 aliphatic carbocycles. The van der Waals surface area contributed by atoms with Gasteiger partial charge in [-0.3, -0.25) is 4.79 Å². The predicted molar refractivity (Wildman–Crippen MR) is 75.9 cm³/mol. The van der Waals surface area contributed by atoms with Gasteiger partial charge in [-0.25, -0.2) is 4.98 Å². The number of carbonyl (C=O) groups is 1. The van der Waals surface area contributed by atoms with Gasteiger partial charge in [0.15, 0.2) is 0 Å². The van der Waals surface area contributed by atoms with Gasteiger partial charge in [0, 0.05) is 11.3 Å². The van der Waals surface area contributed by atoms with Crippen LogP contribution in [0.5, 0.6) is 0 Å². The van der Waals surface area contributed by atoms with Crippen LogP contribution in [0.3, 0.4) is 0 Å². The topological polar surface area (TPSA) is 42.0 Å². The molecule has 1 N–H and O–H groups in total. The Bertz CT molecular complexity index is 447. The first-order chi connectivity index (χ1) is 9.15. The molecule has 0 aromatic carbocycles. The van der Waals surface area contributed by atoms with E-state index in [1.165, 1.54) is 37.5 Å². The first-order valence-corrected chi connectivity index (χ1v) is 7.84. The first-order valence-electron chi connectivity index (χ1n) is 6.61. The molecule has 1 aromatic rings. The van der Waals surface area contributed by atoms with Gasteiger partial charge < -0.3 is 5.32 Å². The third kappa shape index (κ3) is 3.69. The average molecular weight is 282 g/mol. The van der Waals surface area contributed by atoms with E-state index in [4.69, 9.17) is 0 Å². The Morgan fingerprint density at radius 3 is 2.79 bits per heavy atom. The van der Waals surface area contributed by atoms with E-state index < -0.39 is 5.95 Å². The minimum Gasteiger partial charge on any atom is -0.349 e. The molecule has 0 spiro atoms. The number of hydrogen-bond acceptors (Lipinski definition) is 3. The molecule has 0 radical (unpaired) electrons. The highest BCUT2D eigenvalue weighted by Gasteiger charge is 2.31. The van der Waals surface area contributed by atoms with E-state index in [-0.39, 0.29) is 16.3 Å². The van der Waals surface area contributed by atoms with Crippen molar-refractivity contribution in [2.75, 3.05) is 12.8 Å². The average Bonchev–Trinajstić information content (AvgIpc) is 2.46. The minimum absolute atomic E-state index is 0.140. The molecular weight excluding hydrogens is 263 g/mol. The SMILES string of the molecule is CSC1(CNC(=O)c2cccc(F)n2)CCCCC1. The molecule has 5 heteroatoms. The molecule has 1 aromatic heterocycles. The van der Waals surface area contributed by atoms with Crippen LogP contribution in [0, 0.1) is 5.95 Å². The van der Waals surface area contributed by atoms with E-state index in [1.807, 2.05) is 11.8 Å². The van der Waals surface area contributed by atoms with Gasteiger partial charge >= 0.3 is 0 Å². The second-order valence-corrected chi connectivity index (χ2v) is 6.25. The van der Waals surface area contributed by atoms with Gasteiger partial charge in [0.25, 0.3) is 5.91 Å². The summed E-state index contributed by atoms with van der Waals surface area (Å²) in [5, 5.41) is 2.90. The van der Waals surface area contributed by atoms with E-state index in [1.54, 1.807) is 0 Å². The largest absolute Gasteiger partial charge is 0.349 e. The van der Waals surface area contributed by atoms with Gasteiger partial charge in [0.1, 0.15) is 5.69 Å². The van der Waals surface area contributed by atoms with E-state index >= 15 is 0 Å². The highest BCUT2D eigenvalue weighted by molar-refractivity contribution is 8.00. The molecule has 0 unspecified atom stereocenters. The number of pyridine rings is 1. The van der Waals surface area contributed by atoms with Crippen LogP contribution in [0.15, 0.2) is 18.2 Å². The van der Waals surface area contributed by atoms with Crippen LogP contribution in [-0.4, -0.2) is 28.4 Å². The van der Waals surface area contributed by atoms with E-state index in [0.29, 0.717) is 6.54 Å². The van der Waals surface area contributed by atoms with Crippen molar-refractivity contribution in [1.82, 2.24) is 10.3 Å². The van der Waals surface area contributed by atoms with Crippen molar-refractivity contribution in [2.45, 2.75) is 36.9 Å². The minimum atomic E-state index is -0.620. The summed E-state index contributed by atoms with van der Waals surface area (Å²) in [6.45, 7) is 0.630. The monoisotopic (exact) mass is 282 g/mol. The summed E-state index contributed by atoms with van der Waals surface area (Å²) in [6, 6.07) is 4.27. The van der Waals surface area contributed by atoms with Crippen LogP contribution >= 0.6 is 11.8 Å². The molecule has 0 saturated heterocycles. The third-order valence-corrected chi connectivity index (χ3v) is 5.14. The molecule has 2 rings (SSSR count). The second kappa shape index (κ2) is 6.37. The fourth-order valence-electron chi connectivity index (χ4n) is 2.52. The van der Waals surface area contributed by atoms with Crippen molar-refractivity contribution in [3.63, 3.8) is 0 Å². The van der Waals surface area contributed by atoms with E-state index in [2.05, 4.69) is 16.6 Å². The van der Waals surface area contributed by atoms with Crippen LogP contribution in [-0.2, 0) is 0 Å². The Balaban J connectivity index is 1.95. The van der Waals surface area contributed by atoms with Crippen molar-refractivity contribution < 1.29 is 9.18 Å². The maximum absolute atomic E-state index is 13.0. The molecule has 1 fully saturated rings. The van der Waals surface area contributed by atoms with Crippen LogP contribution in [0.2, 0.25) is 0 Å². The number of thioether (sulfide) groups is 1. The second-order valence-electron chi connectivity index (χ2n) is 4.98. The van der Waals surface area contributed by atoms with E-state index in [9.17, 15) is 9.18 Å².